The van der Waals surface area contributed by atoms with E-state index in [1.54, 1.807) is 18.2 Å². The summed E-state index contributed by atoms with van der Waals surface area (Å²) < 4.78 is 30.0. The van der Waals surface area contributed by atoms with Crippen LogP contribution in [0.5, 0.6) is 0 Å². The van der Waals surface area contributed by atoms with Crippen molar-refractivity contribution in [2.75, 3.05) is 5.75 Å². The minimum atomic E-state index is -3.57. The highest BCUT2D eigenvalue weighted by Crippen LogP contribution is 2.26. The van der Waals surface area contributed by atoms with Crippen molar-refractivity contribution in [2.24, 2.45) is 0 Å². The van der Waals surface area contributed by atoms with Crippen LogP contribution in [0, 0.1) is 0 Å². The zero-order valence-electron chi connectivity index (χ0n) is 11.5. The number of fused-ring (bicyclic) bond motifs is 1. The van der Waals surface area contributed by atoms with Gasteiger partial charge in [-0.25, -0.2) is 8.42 Å². The highest BCUT2D eigenvalue weighted by atomic mass is 79.9. The van der Waals surface area contributed by atoms with E-state index in [-0.39, 0.29) is 26.1 Å². The van der Waals surface area contributed by atoms with Gasteiger partial charge < -0.3 is 4.42 Å². The molecule has 3 rings (SSSR count). The molecule has 1 aromatic carbocycles. The number of hydrogen-bond donors (Lipinski definition) is 0. The molecule has 0 atom stereocenters. The van der Waals surface area contributed by atoms with Crippen molar-refractivity contribution in [3.63, 3.8) is 0 Å². The predicted molar refractivity (Wildman–Crippen MR) is 91.3 cm³/mol. The molecule has 118 valence electrons. The standard InChI is InChI=1S/C14H9BrN2O4S2/c1-2-5-23(19,20)14-17-16-13(22-14)10-7-21-11-6-8(15)3-4-9(11)12(10)18/h2-4,6-7H,1,5H2. The van der Waals surface area contributed by atoms with Crippen LogP contribution in [0.3, 0.4) is 0 Å². The van der Waals surface area contributed by atoms with E-state index in [0.29, 0.717) is 11.0 Å². The molecule has 2 aromatic heterocycles. The number of nitrogens with zero attached hydrogens (tertiary/aromatic N) is 2. The number of rotatable bonds is 4. The van der Waals surface area contributed by atoms with Gasteiger partial charge in [-0.05, 0) is 18.2 Å². The maximum Gasteiger partial charge on any atom is 0.233 e. The SMILES string of the molecule is C=CCS(=O)(=O)c1nnc(-c2coc3cc(Br)ccc3c2=O)s1. The lowest BCUT2D eigenvalue weighted by atomic mass is 10.2. The molecule has 0 amide bonds. The third-order valence-electron chi connectivity index (χ3n) is 2.98. The molecule has 0 bridgehead atoms. The van der Waals surface area contributed by atoms with Gasteiger partial charge in [0.15, 0.2) is 5.01 Å². The van der Waals surface area contributed by atoms with Crippen LogP contribution in [-0.4, -0.2) is 24.4 Å². The predicted octanol–water partition coefficient (Wildman–Crippen LogP) is 3.03. The average Bonchev–Trinajstić information content (AvgIpc) is 2.98. The monoisotopic (exact) mass is 412 g/mol. The van der Waals surface area contributed by atoms with Crippen molar-refractivity contribution in [3.05, 3.63) is 51.8 Å². The number of sulfone groups is 1. The fourth-order valence-corrected chi connectivity index (χ4v) is 4.41. The Morgan fingerprint density at radius 1 is 1.35 bits per heavy atom. The molecule has 0 fully saturated rings. The second-order valence-electron chi connectivity index (χ2n) is 4.56. The van der Waals surface area contributed by atoms with Crippen molar-refractivity contribution in [2.45, 2.75) is 4.34 Å². The summed E-state index contributed by atoms with van der Waals surface area (Å²) in [5.74, 6) is -0.234. The zero-order chi connectivity index (χ0) is 16.6. The van der Waals surface area contributed by atoms with Crippen LogP contribution in [-0.2, 0) is 9.84 Å². The first-order valence-electron chi connectivity index (χ1n) is 6.31. The van der Waals surface area contributed by atoms with Crippen molar-refractivity contribution < 1.29 is 12.8 Å². The van der Waals surface area contributed by atoms with Crippen LogP contribution in [0.15, 0.2) is 55.1 Å². The maximum atomic E-state index is 12.5. The second kappa shape index (κ2) is 5.99. The van der Waals surface area contributed by atoms with E-state index in [2.05, 4.69) is 32.7 Å². The molecule has 0 saturated carbocycles. The molecule has 9 heteroatoms. The fourth-order valence-electron chi connectivity index (χ4n) is 1.92. The smallest absolute Gasteiger partial charge is 0.233 e. The summed E-state index contributed by atoms with van der Waals surface area (Å²) in [6.45, 7) is 3.40. The van der Waals surface area contributed by atoms with Crippen molar-refractivity contribution in [1.29, 1.82) is 0 Å². The van der Waals surface area contributed by atoms with E-state index in [1.807, 2.05) is 0 Å². The Labute approximate surface area is 143 Å². The molecule has 0 unspecified atom stereocenters. The summed E-state index contributed by atoms with van der Waals surface area (Å²) in [5.41, 5.74) is 0.317. The van der Waals surface area contributed by atoms with E-state index in [0.717, 1.165) is 15.8 Å². The summed E-state index contributed by atoms with van der Waals surface area (Å²) in [6.07, 6.45) is 2.54. The van der Waals surface area contributed by atoms with E-state index in [1.165, 1.54) is 12.3 Å². The van der Waals surface area contributed by atoms with E-state index < -0.39 is 9.84 Å². The molecule has 0 radical (unpaired) electrons. The van der Waals surface area contributed by atoms with Gasteiger partial charge in [-0.1, -0.05) is 33.3 Å². The first-order valence-corrected chi connectivity index (χ1v) is 9.57. The van der Waals surface area contributed by atoms with Crippen LogP contribution < -0.4 is 5.43 Å². The van der Waals surface area contributed by atoms with Crippen molar-refractivity contribution in [3.8, 4) is 10.6 Å². The Morgan fingerprint density at radius 2 is 2.13 bits per heavy atom. The lowest BCUT2D eigenvalue weighted by Crippen LogP contribution is -2.04. The summed E-state index contributed by atoms with van der Waals surface area (Å²) in [7, 11) is -3.57. The molecule has 2 heterocycles. The third-order valence-corrected chi connectivity index (χ3v) is 6.52. The lowest BCUT2D eigenvalue weighted by molar-refractivity contribution is 0.597. The maximum absolute atomic E-state index is 12.5. The normalized spacial score (nSPS) is 11.7. The van der Waals surface area contributed by atoms with Crippen LogP contribution in [0.1, 0.15) is 0 Å². The Balaban J connectivity index is 2.13. The number of halogens is 1. The molecule has 0 saturated heterocycles. The van der Waals surface area contributed by atoms with Gasteiger partial charge in [-0.15, -0.1) is 16.8 Å². The number of benzene rings is 1. The van der Waals surface area contributed by atoms with Gasteiger partial charge in [0.05, 0.1) is 16.7 Å². The van der Waals surface area contributed by atoms with E-state index in [4.69, 9.17) is 4.42 Å². The van der Waals surface area contributed by atoms with Gasteiger partial charge in [-0.2, -0.15) is 0 Å². The van der Waals surface area contributed by atoms with Crippen LogP contribution in [0.25, 0.3) is 21.5 Å². The Kier molecular flexibility index (Phi) is 4.17. The van der Waals surface area contributed by atoms with Gasteiger partial charge in [-0.3, -0.25) is 4.79 Å². The molecule has 3 aromatic rings. The number of hydrogen-bond acceptors (Lipinski definition) is 7. The molecule has 0 spiro atoms. The topological polar surface area (TPSA) is 90.1 Å². The van der Waals surface area contributed by atoms with E-state index in [9.17, 15) is 13.2 Å². The molecular formula is C14H9BrN2O4S2. The number of aromatic nitrogens is 2. The first kappa shape index (κ1) is 16.0. The Hall–Kier alpha value is -1.84. The summed E-state index contributed by atoms with van der Waals surface area (Å²) >= 11 is 4.13. The van der Waals surface area contributed by atoms with Gasteiger partial charge >= 0.3 is 0 Å². The molecule has 23 heavy (non-hydrogen) atoms. The van der Waals surface area contributed by atoms with Crippen LogP contribution in [0.4, 0.5) is 0 Å². The largest absolute Gasteiger partial charge is 0.463 e. The summed E-state index contributed by atoms with van der Waals surface area (Å²) in [4.78, 5) is 12.5. The summed E-state index contributed by atoms with van der Waals surface area (Å²) in [5, 5.41) is 8.05. The van der Waals surface area contributed by atoms with Gasteiger partial charge in [0.25, 0.3) is 0 Å². The molecule has 6 nitrogen and oxygen atoms in total. The van der Waals surface area contributed by atoms with Crippen LogP contribution in [0.2, 0.25) is 0 Å². The second-order valence-corrected chi connectivity index (χ2v) is 8.66. The van der Waals surface area contributed by atoms with Gasteiger partial charge in [0.2, 0.25) is 19.6 Å². The lowest BCUT2D eigenvalue weighted by Gasteiger charge is -1.99. The molecule has 0 N–H and O–H groups in total. The highest BCUT2D eigenvalue weighted by Gasteiger charge is 2.21. The quantitative estimate of drug-likeness (QED) is 0.611. The molecule has 0 aliphatic carbocycles. The average molecular weight is 413 g/mol. The van der Waals surface area contributed by atoms with Crippen LogP contribution >= 0.6 is 27.3 Å². The van der Waals surface area contributed by atoms with Crippen molar-refractivity contribution in [1.82, 2.24) is 10.2 Å². The minimum Gasteiger partial charge on any atom is -0.463 e. The minimum absolute atomic E-state index is 0.150. The zero-order valence-corrected chi connectivity index (χ0v) is 14.7. The molecule has 0 aliphatic rings. The van der Waals surface area contributed by atoms with E-state index >= 15 is 0 Å². The molecule has 0 aliphatic heterocycles. The van der Waals surface area contributed by atoms with Crippen molar-refractivity contribution >= 4 is 48.1 Å². The first-order chi connectivity index (χ1) is 10.9. The third kappa shape index (κ3) is 2.99. The Bertz CT molecular complexity index is 1070. The highest BCUT2D eigenvalue weighted by molar-refractivity contribution is 9.10. The fraction of sp³-hybridized carbons (Fsp3) is 0.0714. The summed E-state index contributed by atoms with van der Waals surface area (Å²) in [6, 6.07) is 5.04. The van der Waals surface area contributed by atoms with Gasteiger partial charge in [0, 0.05) is 4.47 Å². The van der Waals surface area contributed by atoms with Gasteiger partial charge in [0.1, 0.15) is 11.8 Å². The molecular weight excluding hydrogens is 404 g/mol. The Morgan fingerprint density at radius 3 is 2.87 bits per heavy atom.